The van der Waals surface area contributed by atoms with E-state index < -0.39 is 12.3 Å². The first kappa shape index (κ1) is 8.90. The van der Waals surface area contributed by atoms with Gasteiger partial charge in [-0.25, -0.2) is 0 Å². The van der Waals surface area contributed by atoms with Crippen molar-refractivity contribution in [3.8, 4) is 0 Å². The molecule has 5 heteroatoms. The van der Waals surface area contributed by atoms with Crippen molar-refractivity contribution in [2.75, 3.05) is 6.54 Å². The predicted molar refractivity (Wildman–Crippen MR) is 31.8 cm³/mol. The van der Waals surface area contributed by atoms with Crippen molar-refractivity contribution in [3.63, 3.8) is 0 Å². The van der Waals surface area contributed by atoms with Gasteiger partial charge in [-0.1, -0.05) is 0 Å². The molecule has 0 heterocycles. The van der Waals surface area contributed by atoms with Crippen molar-refractivity contribution in [2.24, 2.45) is 5.73 Å². The zero-order valence-electron chi connectivity index (χ0n) is 5.57. The summed E-state index contributed by atoms with van der Waals surface area (Å²) >= 11 is 0. The molecule has 58 valence electrons. The van der Waals surface area contributed by atoms with Crippen molar-refractivity contribution in [2.45, 2.75) is 13.2 Å². The second-order valence-electron chi connectivity index (χ2n) is 1.49. The summed E-state index contributed by atoms with van der Waals surface area (Å²) in [6, 6.07) is 0. The Balaban J connectivity index is 3.46. The van der Waals surface area contributed by atoms with E-state index >= 15 is 0 Å². The fraction of sp³-hybridized carbons (Fsp3) is 0.600. The normalized spacial score (nSPS) is 11.8. The van der Waals surface area contributed by atoms with Crippen molar-refractivity contribution < 1.29 is 19.1 Å². The first-order valence-corrected chi connectivity index (χ1v) is 2.69. The number of carbonyl (C=O) groups excluding carboxylic acids is 2. The fourth-order valence-electron chi connectivity index (χ4n) is 0.339. The molecule has 0 aliphatic heterocycles. The molecule has 0 radical (unpaired) electrons. The molecule has 0 aliphatic rings. The van der Waals surface area contributed by atoms with Crippen LogP contribution in [-0.2, 0) is 19.1 Å². The number of esters is 1. The summed E-state index contributed by atoms with van der Waals surface area (Å²) in [5, 5.41) is 0. The summed E-state index contributed by atoms with van der Waals surface area (Å²) in [4.78, 5) is 20.0. The van der Waals surface area contributed by atoms with Gasteiger partial charge >= 0.3 is 5.97 Å². The first-order chi connectivity index (χ1) is 4.70. The molecule has 0 bridgehead atoms. The minimum atomic E-state index is -0.853. The van der Waals surface area contributed by atoms with Crippen molar-refractivity contribution in [1.82, 2.24) is 0 Å². The van der Waals surface area contributed by atoms with E-state index in [-0.39, 0.29) is 13.0 Å². The Kier molecular flexibility index (Phi) is 4.23. The lowest BCUT2D eigenvalue weighted by molar-refractivity contribution is -0.174. The molecule has 2 N–H and O–H groups in total. The molecule has 0 aromatic rings. The molecule has 10 heavy (non-hydrogen) atoms. The number of ether oxygens (including phenoxy) is 2. The van der Waals surface area contributed by atoms with Crippen LogP contribution in [0, 0.1) is 0 Å². The van der Waals surface area contributed by atoms with Gasteiger partial charge in [0.2, 0.25) is 6.29 Å². The van der Waals surface area contributed by atoms with E-state index in [1.807, 2.05) is 0 Å². The third kappa shape index (κ3) is 3.85. The molecule has 0 amide bonds. The Bertz CT molecular complexity index is 125. The third-order valence-corrected chi connectivity index (χ3v) is 0.711. The average Bonchev–Trinajstić information content (AvgIpc) is 1.88. The minimum absolute atomic E-state index is 0.203. The van der Waals surface area contributed by atoms with E-state index in [9.17, 15) is 9.59 Å². The van der Waals surface area contributed by atoms with Gasteiger partial charge in [0.15, 0.2) is 0 Å². The highest BCUT2D eigenvalue weighted by Gasteiger charge is 2.05. The highest BCUT2D eigenvalue weighted by atomic mass is 16.7. The van der Waals surface area contributed by atoms with Crippen LogP contribution in [0.2, 0.25) is 0 Å². The van der Waals surface area contributed by atoms with Gasteiger partial charge in [-0.3, -0.25) is 9.59 Å². The van der Waals surface area contributed by atoms with Crippen LogP contribution in [0.4, 0.5) is 0 Å². The fourth-order valence-corrected chi connectivity index (χ4v) is 0.339. The van der Waals surface area contributed by atoms with Crippen molar-refractivity contribution >= 4 is 12.4 Å². The molecule has 1 atom stereocenters. The predicted octanol–water partition coefficient (Wildman–Crippen LogP) is -0.993. The van der Waals surface area contributed by atoms with Gasteiger partial charge in [0.1, 0.15) is 0 Å². The zero-order valence-corrected chi connectivity index (χ0v) is 5.57. The average molecular weight is 147 g/mol. The topological polar surface area (TPSA) is 78.6 Å². The molecule has 0 aliphatic carbocycles. The van der Waals surface area contributed by atoms with E-state index in [0.717, 1.165) is 0 Å². The second kappa shape index (κ2) is 4.75. The van der Waals surface area contributed by atoms with Crippen molar-refractivity contribution in [3.05, 3.63) is 0 Å². The van der Waals surface area contributed by atoms with E-state index in [4.69, 9.17) is 5.73 Å². The molecular formula is C5H9NO4. The van der Waals surface area contributed by atoms with Crippen LogP contribution in [0.1, 0.15) is 6.92 Å². The summed E-state index contributed by atoms with van der Waals surface area (Å²) in [6.07, 6.45) is -0.853. The molecule has 5 nitrogen and oxygen atoms in total. The summed E-state index contributed by atoms with van der Waals surface area (Å²) in [5.74, 6) is -0.602. The summed E-state index contributed by atoms with van der Waals surface area (Å²) in [5.41, 5.74) is 4.90. The Morgan fingerprint density at radius 3 is 2.80 bits per heavy atom. The monoisotopic (exact) mass is 147 g/mol. The molecule has 0 spiro atoms. The quantitative estimate of drug-likeness (QED) is 0.313. The zero-order chi connectivity index (χ0) is 7.98. The van der Waals surface area contributed by atoms with Crippen LogP contribution in [0.25, 0.3) is 0 Å². The van der Waals surface area contributed by atoms with Gasteiger partial charge in [0.25, 0.3) is 6.47 Å². The van der Waals surface area contributed by atoms with Gasteiger partial charge in [0, 0.05) is 6.92 Å². The molecule has 0 saturated heterocycles. The van der Waals surface area contributed by atoms with Crippen LogP contribution < -0.4 is 5.73 Å². The maximum Gasteiger partial charge on any atom is 0.322 e. The van der Waals surface area contributed by atoms with Crippen LogP contribution in [-0.4, -0.2) is 25.3 Å². The Labute approximate surface area is 58.1 Å². The van der Waals surface area contributed by atoms with Gasteiger partial charge in [0.05, 0.1) is 6.54 Å². The number of hydrogen-bond donors (Lipinski definition) is 1. The highest BCUT2D eigenvalue weighted by molar-refractivity contribution is 5.71. The Morgan fingerprint density at radius 2 is 2.40 bits per heavy atom. The van der Waals surface area contributed by atoms with E-state index in [0.29, 0.717) is 0 Å². The standard InChI is InChI=1S/C5H9NO4/c1-4(9-3-7)10-5(8)2-6/h3-4H,2,6H2,1H3. The highest BCUT2D eigenvalue weighted by Crippen LogP contribution is 1.89. The number of carbonyl (C=O) groups is 2. The summed E-state index contributed by atoms with van der Waals surface area (Å²) < 4.78 is 8.66. The summed E-state index contributed by atoms with van der Waals surface area (Å²) in [7, 11) is 0. The van der Waals surface area contributed by atoms with E-state index in [2.05, 4.69) is 9.47 Å². The summed E-state index contributed by atoms with van der Waals surface area (Å²) in [6.45, 7) is 1.41. The lowest BCUT2D eigenvalue weighted by Crippen LogP contribution is -2.23. The van der Waals surface area contributed by atoms with Gasteiger partial charge in [-0.2, -0.15) is 0 Å². The Morgan fingerprint density at radius 1 is 1.80 bits per heavy atom. The lowest BCUT2D eigenvalue weighted by Gasteiger charge is -2.08. The Hall–Kier alpha value is -1.10. The SMILES string of the molecule is CC(OC=O)OC(=O)CN. The third-order valence-electron chi connectivity index (χ3n) is 0.711. The molecule has 0 aromatic heterocycles. The number of nitrogens with two attached hydrogens (primary N) is 1. The first-order valence-electron chi connectivity index (χ1n) is 2.69. The van der Waals surface area contributed by atoms with Crippen LogP contribution in [0.3, 0.4) is 0 Å². The molecular weight excluding hydrogens is 138 g/mol. The second-order valence-corrected chi connectivity index (χ2v) is 1.49. The minimum Gasteiger partial charge on any atom is -0.428 e. The maximum absolute atomic E-state index is 10.4. The smallest absolute Gasteiger partial charge is 0.322 e. The van der Waals surface area contributed by atoms with Gasteiger partial charge in [-0.05, 0) is 0 Å². The molecule has 1 unspecified atom stereocenters. The van der Waals surface area contributed by atoms with Crippen LogP contribution >= 0.6 is 0 Å². The van der Waals surface area contributed by atoms with Gasteiger partial charge in [-0.15, -0.1) is 0 Å². The molecule has 0 fully saturated rings. The number of rotatable bonds is 4. The van der Waals surface area contributed by atoms with E-state index in [1.54, 1.807) is 0 Å². The van der Waals surface area contributed by atoms with E-state index in [1.165, 1.54) is 6.92 Å². The molecule has 0 rings (SSSR count). The number of hydrogen-bond acceptors (Lipinski definition) is 5. The molecule has 0 saturated carbocycles. The van der Waals surface area contributed by atoms with Crippen LogP contribution in [0.5, 0.6) is 0 Å². The van der Waals surface area contributed by atoms with Crippen molar-refractivity contribution in [1.29, 1.82) is 0 Å². The molecule has 0 aromatic carbocycles. The largest absolute Gasteiger partial charge is 0.428 e. The maximum atomic E-state index is 10.4. The van der Waals surface area contributed by atoms with Gasteiger partial charge < -0.3 is 15.2 Å². The lowest BCUT2D eigenvalue weighted by atomic mass is 10.6. The van der Waals surface area contributed by atoms with Crippen LogP contribution in [0.15, 0.2) is 0 Å².